The SMILES string of the molecule is CCC(C)CN(C)S(=O)(=O)c1cc(N)ccc1[N+](=O)[O-]. The second-order valence-corrected chi connectivity index (χ2v) is 6.80. The molecule has 1 rings (SSSR count). The largest absolute Gasteiger partial charge is 0.399 e. The van der Waals surface area contributed by atoms with Crippen molar-refractivity contribution in [2.24, 2.45) is 5.92 Å². The van der Waals surface area contributed by atoms with E-state index in [2.05, 4.69) is 0 Å². The van der Waals surface area contributed by atoms with Crippen LogP contribution in [0, 0.1) is 16.0 Å². The Bertz CT molecular complexity index is 601. The number of sulfonamides is 1. The molecule has 1 unspecified atom stereocenters. The third-order valence-electron chi connectivity index (χ3n) is 3.13. The smallest absolute Gasteiger partial charge is 0.289 e. The van der Waals surface area contributed by atoms with Crippen LogP contribution in [0.15, 0.2) is 23.1 Å². The highest BCUT2D eigenvalue weighted by Crippen LogP contribution is 2.28. The molecule has 1 aromatic rings. The van der Waals surface area contributed by atoms with Gasteiger partial charge in [-0.2, -0.15) is 0 Å². The molecule has 0 aliphatic rings. The molecule has 0 amide bonds. The number of anilines is 1. The second-order valence-electron chi connectivity index (χ2n) is 4.78. The van der Waals surface area contributed by atoms with Crippen LogP contribution in [-0.4, -0.2) is 31.2 Å². The Labute approximate surface area is 118 Å². The van der Waals surface area contributed by atoms with Crippen molar-refractivity contribution in [1.29, 1.82) is 0 Å². The topological polar surface area (TPSA) is 107 Å². The normalized spacial score (nSPS) is 13.4. The van der Waals surface area contributed by atoms with Gasteiger partial charge in [0.05, 0.1) is 4.92 Å². The fourth-order valence-electron chi connectivity index (χ4n) is 1.72. The average Bonchev–Trinajstić information content (AvgIpc) is 2.37. The fraction of sp³-hybridized carbons (Fsp3) is 0.500. The molecule has 0 radical (unpaired) electrons. The molecule has 0 bridgehead atoms. The molecule has 2 N–H and O–H groups in total. The summed E-state index contributed by atoms with van der Waals surface area (Å²) in [6.07, 6.45) is 0.818. The average molecular weight is 301 g/mol. The minimum absolute atomic E-state index is 0.162. The minimum Gasteiger partial charge on any atom is -0.399 e. The van der Waals surface area contributed by atoms with Crippen molar-refractivity contribution < 1.29 is 13.3 Å². The lowest BCUT2D eigenvalue weighted by Crippen LogP contribution is -2.31. The van der Waals surface area contributed by atoms with Crippen LogP contribution < -0.4 is 5.73 Å². The van der Waals surface area contributed by atoms with Crippen molar-refractivity contribution in [1.82, 2.24) is 4.31 Å². The summed E-state index contributed by atoms with van der Waals surface area (Å²) in [5.74, 6) is 0.162. The van der Waals surface area contributed by atoms with E-state index in [0.717, 1.165) is 22.9 Å². The van der Waals surface area contributed by atoms with Crippen molar-refractivity contribution in [3.63, 3.8) is 0 Å². The number of benzene rings is 1. The third-order valence-corrected chi connectivity index (χ3v) is 4.99. The Morgan fingerprint density at radius 1 is 1.45 bits per heavy atom. The highest BCUT2D eigenvalue weighted by Gasteiger charge is 2.30. The zero-order valence-electron chi connectivity index (χ0n) is 11.7. The van der Waals surface area contributed by atoms with Gasteiger partial charge in [-0.1, -0.05) is 20.3 Å². The van der Waals surface area contributed by atoms with Gasteiger partial charge < -0.3 is 5.73 Å². The van der Waals surface area contributed by atoms with E-state index < -0.39 is 20.6 Å². The van der Waals surface area contributed by atoms with Crippen molar-refractivity contribution in [3.8, 4) is 0 Å². The Kier molecular flexibility index (Phi) is 5.07. The van der Waals surface area contributed by atoms with Gasteiger partial charge in [0.1, 0.15) is 0 Å². The Balaban J connectivity index is 3.27. The first-order chi connectivity index (χ1) is 9.20. The summed E-state index contributed by atoms with van der Waals surface area (Å²) < 4.78 is 26.0. The first-order valence-electron chi connectivity index (χ1n) is 6.20. The Hall–Kier alpha value is -1.67. The summed E-state index contributed by atoms with van der Waals surface area (Å²) in [6, 6.07) is 3.55. The molecule has 0 spiro atoms. The van der Waals surface area contributed by atoms with Crippen LogP contribution in [0.5, 0.6) is 0 Å². The lowest BCUT2D eigenvalue weighted by molar-refractivity contribution is -0.387. The third kappa shape index (κ3) is 3.45. The summed E-state index contributed by atoms with van der Waals surface area (Å²) in [5.41, 5.74) is 5.26. The molecule has 1 aromatic carbocycles. The first-order valence-corrected chi connectivity index (χ1v) is 7.64. The van der Waals surface area contributed by atoms with E-state index >= 15 is 0 Å². The van der Waals surface area contributed by atoms with Crippen LogP contribution >= 0.6 is 0 Å². The summed E-state index contributed by atoms with van der Waals surface area (Å²) in [7, 11) is -2.52. The van der Waals surface area contributed by atoms with Crippen molar-refractivity contribution >= 4 is 21.4 Å². The van der Waals surface area contributed by atoms with Gasteiger partial charge in [-0.3, -0.25) is 10.1 Å². The van der Waals surface area contributed by atoms with Gasteiger partial charge in [0.2, 0.25) is 10.0 Å². The first kappa shape index (κ1) is 16.4. The summed E-state index contributed by atoms with van der Waals surface area (Å²) in [4.78, 5) is 9.88. The monoisotopic (exact) mass is 301 g/mol. The van der Waals surface area contributed by atoms with Crippen molar-refractivity contribution in [2.75, 3.05) is 19.3 Å². The van der Waals surface area contributed by atoms with E-state index in [0.29, 0.717) is 6.54 Å². The molecule has 112 valence electrons. The molecule has 7 nitrogen and oxygen atoms in total. The molecular weight excluding hydrogens is 282 g/mol. The summed E-state index contributed by atoms with van der Waals surface area (Å²) >= 11 is 0. The predicted octanol–water partition coefficient (Wildman–Crippen LogP) is 1.84. The maximum absolute atomic E-state index is 12.4. The molecule has 0 fully saturated rings. The highest BCUT2D eigenvalue weighted by atomic mass is 32.2. The number of nitrogens with zero attached hydrogens (tertiary/aromatic N) is 2. The number of hydrogen-bond acceptors (Lipinski definition) is 5. The molecule has 8 heteroatoms. The number of nitro groups is 1. The quantitative estimate of drug-likeness (QED) is 0.490. The molecule has 1 atom stereocenters. The minimum atomic E-state index is -3.93. The van der Waals surface area contributed by atoms with Crippen LogP contribution in [0.4, 0.5) is 11.4 Å². The van der Waals surface area contributed by atoms with Crippen molar-refractivity contribution in [2.45, 2.75) is 25.2 Å². The van der Waals surface area contributed by atoms with E-state index in [-0.39, 0.29) is 16.5 Å². The van der Waals surface area contributed by atoms with Gasteiger partial charge in [0, 0.05) is 25.3 Å². The second kappa shape index (κ2) is 6.19. The molecule has 0 saturated heterocycles. The number of nitrogen functional groups attached to an aromatic ring is 1. The summed E-state index contributed by atoms with van der Waals surface area (Å²) in [6.45, 7) is 4.17. The van der Waals surface area contributed by atoms with Crippen LogP contribution in [0.2, 0.25) is 0 Å². The number of nitrogens with two attached hydrogens (primary N) is 1. The highest BCUT2D eigenvalue weighted by molar-refractivity contribution is 7.89. The lowest BCUT2D eigenvalue weighted by atomic mass is 10.1. The number of rotatable bonds is 6. The van der Waals surface area contributed by atoms with Gasteiger partial charge in [0.25, 0.3) is 5.69 Å². The molecule has 0 aromatic heterocycles. The molecule has 20 heavy (non-hydrogen) atoms. The molecule has 0 heterocycles. The van der Waals surface area contributed by atoms with Crippen LogP contribution in [0.1, 0.15) is 20.3 Å². The van der Waals surface area contributed by atoms with Crippen LogP contribution in [0.3, 0.4) is 0 Å². The van der Waals surface area contributed by atoms with Gasteiger partial charge in [-0.25, -0.2) is 12.7 Å². The zero-order chi connectivity index (χ0) is 15.5. The van der Waals surface area contributed by atoms with E-state index in [1.54, 1.807) is 0 Å². The molecule has 0 aliphatic heterocycles. The molecular formula is C12H19N3O4S. The number of hydrogen-bond donors (Lipinski definition) is 1. The Morgan fingerprint density at radius 2 is 2.05 bits per heavy atom. The van der Waals surface area contributed by atoms with Crippen LogP contribution in [-0.2, 0) is 10.0 Å². The Morgan fingerprint density at radius 3 is 2.55 bits per heavy atom. The van der Waals surface area contributed by atoms with E-state index in [4.69, 9.17) is 5.73 Å². The van der Waals surface area contributed by atoms with Gasteiger partial charge in [-0.15, -0.1) is 0 Å². The number of nitro benzene ring substituents is 1. The van der Waals surface area contributed by atoms with Gasteiger partial charge in [-0.05, 0) is 18.1 Å². The lowest BCUT2D eigenvalue weighted by Gasteiger charge is -2.20. The van der Waals surface area contributed by atoms with E-state index in [1.165, 1.54) is 13.1 Å². The maximum Gasteiger partial charge on any atom is 0.289 e. The summed E-state index contributed by atoms with van der Waals surface area (Å²) in [5, 5.41) is 11.0. The van der Waals surface area contributed by atoms with E-state index in [1.807, 2.05) is 13.8 Å². The fourth-order valence-corrected chi connectivity index (χ4v) is 3.20. The zero-order valence-corrected chi connectivity index (χ0v) is 12.6. The maximum atomic E-state index is 12.4. The molecule has 0 aliphatic carbocycles. The van der Waals surface area contributed by atoms with Gasteiger partial charge >= 0.3 is 0 Å². The van der Waals surface area contributed by atoms with E-state index in [9.17, 15) is 18.5 Å². The standard InChI is InChI=1S/C12H19N3O4S/c1-4-9(2)8-14(3)20(18,19)12-7-10(13)5-6-11(12)15(16)17/h5-7,9H,4,8,13H2,1-3H3. The predicted molar refractivity (Wildman–Crippen MR) is 76.8 cm³/mol. The van der Waals surface area contributed by atoms with Crippen LogP contribution in [0.25, 0.3) is 0 Å². The van der Waals surface area contributed by atoms with Gasteiger partial charge in [0.15, 0.2) is 4.90 Å². The molecule has 0 saturated carbocycles. The van der Waals surface area contributed by atoms with Crippen molar-refractivity contribution in [3.05, 3.63) is 28.3 Å².